The van der Waals surface area contributed by atoms with Crippen LogP contribution in [0.4, 0.5) is 9.18 Å². The smallest absolute Gasteiger partial charge is 0.407 e. The van der Waals surface area contributed by atoms with E-state index in [1.807, 2.05) is 30.3 Å². The molecule has 0 aliphatic rings. The lowest BCUT2D eigenvalue weighted by atomic mass is 10.2. The molecule has 2 aromatic rings. The fourth-order valence-electron chi connectivity index (χ4n) is 1.63. The number of hydrogen-bond donors (Lipinski definition) is 1. The van der Waals surface area contributed by atoms with Crippen LogP contribution in [0, 0.1) is 5.82 Å². The van der Waals surface area contributed by atoms with Crippen LogP contribution in [0.2, 0.25) is 0 Å². The number of ether oxygens (including phenoxy) is 1. The van der Waals surface area contributed by atoms with Gasteiger partial charge in [-0.25, -0.2) is 9.18 Å². The molecule has 3 nitrogen and oxygen atoms in total. The van der Waals surface area contributed by atoms with Gasteiger partial charge in [-0.15, -0.1) is 11.8 Å². The highest BCUT2D eigenvalue weighted by Gasteiger charge is 2.02. The van der Waals surface area contributed by atoms with Crippen LogP contribution in [0.5, 0.6) is 0 Å². The third-order valence-electron chi connectivity index (χ3n) is 2.67. The van der Waals surface area contributed by atoms with Gasteiger partial charge in [-0.2, -0.15) is 0 Å². The zero-order valence-electron chi connectivity index (χ0n) is 11.4. The maximum absolute atomic E-state index is 12.7. The zero-order valence-corrected chi connectivity index (χ0v) is 12.2. The predicted octanol–water partition coefficient (Wildman–Crippen LogP) is 3.84. The fourth-order valence-corrected chi connectivity index (χ4v) is 2.40. The topological polar surface area (TPSA) is 38.3 Å². The third kappa shape index (κ3) is 5.87. The molecule has 110 valence electrons. The van der Waals surface area contributed by atoms with Crippen LogP contribution in [0.15, 0.2) is 59.5 Å². The Kier molecular flexibility index (Phi) is 6.09. The lowest BCUT2D eigenvalue weighted by Crippen LogP contribution is -2.26. The van der Waals surface area contributed by atoms with Gasteiger partial charge in [0, 0.05) is 17.2 Å². The Bertz CT molecular complexity index is 560. The quantitative estimate of drug-likeness (QED) is 0.651. The fraction of sp³-hybridized carbons (Fsp3) is 0.188. The maximum atomic E-state index is 12.7. The second kappa shape index (κ2) is 8.32. The number of amides is 1. The number of carbonyl (C=O) groups is 1. The molecule has 1 N–H and O–H groups in total. The van der Waals surface area contributed by atoms with Crippen molar-refractivity contribution in [1.82, 2.24) is 5.32 Å². The molecular weight excluding hydrogens is 289 g/mol. The minimum atomic E-state index is -0.432. The van der Waals surface area contributed by atoms with E-state index in [0.717, 1.165) is 10.5 Å². The lowest BCUT2D eigenvalue weighted by molar-refractivity contribution is 0.140. The van der Waals surface area contributed by atoms with E-state index < -0.39 is 6.09 Å². The van der Waals surface area contributed by atoms with Crippen molar-refractivity contribution < 1.29 is 13.9 Å². The standard InChI is InChI=1S/C16H16FNO2S/c17-14-6-8-15(9-7-14)21-11-10-18-16(19)20-12-13-4-2-1-3-5-13/h1-9H,10-12H2,(H,18,19). The molecule has 2 aromatic carbocycles. The third-order valence-corrected chi connectivity index (χ3v) is 3.68. The summed E-state index contributed by atoms with van der Waals surface area (Å²) in [4.78, 5) is 12.4. The summed E-state index contributed by atoms with van der Waals surface area (Å²) in [5.74, 6) is 0.452. The molecule has 5 heteroatoms. The van der Waals surface area contributed by atoms with Crippen LogP contribution in [-0.4, -0.2) is 18.4 Å². The predicted molar refractivity (Wildman–Crippen MR) is 81.8 cm³/mol. The van der Waals surface area contributed by atoms with Crippen LogP contribution in [0.1, 0.15) is 5.56 Å². The van der Waals surface area contributed by atoms with Crippen molar-refractivity contribution in [2.45, 2.75) is 11.5 Å². The second-order valence-corrected chi connectivity index (χ2v) is 5.46. The largest absolute Gasteiger partial charge is 0.445 e. The summed E-state index contributed by atoms with van der Waals surface area (Å²) in [5.41, 5.74) is 0.952. The molecule has 0 saturated heterocycles. The Morgan fingerprint density at radius 1 is 1.10 bits per heavy atom. The summed E-state index contributed by atoms with van der Waals surface area (Å²) < 4.78 is 17.8. The van der Waals surface area contributed by atoms with Gasteiger partial charge in [0.15, 0.2) is 0 Å². The Balaban J connectivity index is 1.60. The molecule has 0 spiro atoms. The molecule has 0 aliphatic carbocycles. The van der Waals surface area contributed by atoms with Gasteiger partial charge in [0.25, 0.3) is 0 Å². The maximum Gasteiger partial charge on any atom is 0.407 e. The Morgan fingerprint density at radius 2 is 1.81 bits per heavy atom. The van der Waals surface area contributed by atoms with Gasteiger partial charge >= 0.3 is 6.09 Å². The molecule has 0 aromatic heterocycles. The van der Waals surface area contributed by atoms with Gasteiger partial charge in [-0.1, -0.05) is 30.3 Å². The first-order valence-corrected chi connectivity index (χ1v) is 7.55. The molecule has 0 unspecified atom stereocenters. The van der Waals surface area contributed by atoms with E-state index in [4.69, 9.17) is 4.74 Å². The molecule has 0 aliphatic heterocycles. The molecule has 2 rings (SSSR count). The van der Waals surface area contributed by atoms with Crippen molar-refractivity contribution in [2.24, 2.45) is 0 Å². The summed E-state index contributed by atoms with van der Waals surface area (Å²) >= 11 is 1.55. The summed E-state index contributed by atoms with van der Waals surface area (Å²) in [6, 6.07) is 15.8. The van der Waals surface area contributed by atoms with Crippen LogP contribution in [0.3, 0.4) is 0 Å². The summed E-state index contributed by atoms with van der Waals surface area (Å²) in [7, 11) is 0. The van der Waals surface area contributed by atoms with Crippen molar-refractivity contribution in [3.63, 3.8) is 0 Å². The van der Waals surface area contributed by atoms with Crippen LogP contribution in [0.25, 0.3) is 0 Å². The molecule has 0 radical (unpaired) electrons. The number of halogens is 1. The van der Waals surface area contributed by atoms with Crippen molar-refractivity contribution in [3.8, 4) is 0 Å². The minimum absolute atomic E-state index is 0.248. The highest BCUT2D eigenvalue weighted by Crippen LogP contribution is 2.17. The number of nitrogens with one attached hydrogen (secondary N) is 1. The normalized spacial score (nSPS) is 10.1. The molecule has 0 saturated carbocycles. The number of hydrogen-bond acceptors (Lipinski definition) is 3. The minimum Gasteiger partial charge on any atom is -0.445 e. The van der Waals surface area contributed by atoms with E-state index in [1.165, 1.54) is 12.1 Å². The van der Waals surface area contributed by atoms with Crippen molar-refractivity contribution >= 4 is 17.9 Å². The second-order valence-electron chi connectivity index (χ2n) is 4.29. The molecule has 0 bridgehead atoms. The van der Waals surface area contributed by atoms with Crippen molar-refractivity contribution in [3.05, 3.63) is 66.0 Å². The van der Waals surface area contributed by atoms with E-state index in [-0.39, 0.29) is 12.4 Å². The van der Waals surface area contributed by atoms with E-state index in [2.05, 4.69) is 5.32 Å². The van der Waals surface area contributed by atoms with E-state index >= 15 is 0 Å². The highest BCUT2D eigenvalue weighted by atomic mass is 32.2. The number of rotatable bonds is 6. The molecule has 0 fully saturated rings. The van der Waals surface area contributed by atoms with Crippen LogP contribution in [-0.2, 0) is 11.3 Å². The van der Waals surface area contributed by atoms with Gasteiger partial charge in [0.2, 0.25) is 0 Å². The lowest BCUT2D eigenvalue weighted by Gasteiger charge is -2.07. The summed E-state index contributed by atoms with van der Waals surface area (Å²) in [5, 5.41) is 2.68. The molecule has 1 amide bonds. The van der Waals surface area contributed by atoms with Gasteiger partial charge in [0.05, 0.1) is 0 Å². The van der Waals surface area contributed by atoms with E-state index in [0.29, 0.717) is 12.3 Å². The first kappa shape index (κ1) is 15.4. The van der Waals surface area contributed by atoms with Gasteiger partial charge in [-0.05, 0) is 29.8 Å². The number of thioether (sulfide) groups is 1. The van der Waals surface area contributed by atoms with Crippen LogP contribution >= 0.6 is 11.8 Å². The monoisotopic (exact) mass is 305 g/mol. The van der Waals surface area contributed by atoms with Gasteiger partial charge < -0.3 is 10.1 Å². The Hall–Kier alpha value is -2.01. The van der Waals surface area contributed by atoms with Crippen molar-refractivity contribution in [2.75, 3.05) is 12.3 Å². The molecule has 0 atom stereocenters. The Morgan fingerprint density at radius 3 is 2.52 bits per heavy atom. The number of carbonyl (C=O) groups excluding carboxylic acids is 1. The molecular formula is C16H16FNO2S. The number of benzene rings is 2. The van der Waals surface area contributed by atoms with Gasteiger partial charge in [0.1, 0.15) is 12.4 Å². The summed E-state index contributed by atoms with van der Waals surface area (Å²) in [6.07, 6.45) is -0.432. The van der Waals surface area contributed by atoms with Crippen molar-refractivity contribution in [1.29, 1.82) is 0 Å². The molecule has 0 heterocycles. The van der Waals surface area contributed by atoms with Crippen LogP contribution < -0.4 is 5.32 Å². The first-order valence-electron chi connectivity index (χ1n) is 6.57. The van der Waals surface area contributed by atoms with E-state index in [9.17, 15) is 9.18 Å². The number of alkyl carbamates (subject to hydrolysis) is 1. The highest BCUT2D eigenvalue weighted by molar-refractivity contribution is 7.99. The molecule has 21 heavy (non-hydrogen) atoms. The average molecular weight is 305 g/mol. The Labute approximate surface area is 127 Å². The zero-order chi connectivity index (χ0) is 14.9. The van der Waals surface area contributed by atoms with Gasteiger partial charge in [-0.3, -0.25) is 0 Å². The van der Waals surface area contributed by atoms with E-state index in [1.54, 1.807) is 23.9 Å². The summed E-state index contributed by atoms with van der Waals surface area (Å²) in [6.45, 7) is 0.757. The average Bonchev–Trinajstić information content (AvgIpc) is 2.52. The first-order chi connectivity index (χ1) is 10.2. The SMILES string of the molecule is O=C(NCCSc1ccc(F)cc1)OCc1ccccc1.